The van der Waals surface area contributed by atoms with Crippen molar-refractivity contribution in [2.24, 2.45) is 11.7 Å². The maximum absolute atomic E-state index is 5.73. The Morgan fingerprint density at radius 2 is 2.31 bits per heavy atom. The largest absolute Gasteiger partial charge is 0.381 e. The van der Waals surface area contributed by atoms with E-state index < -0.39 is 0 Å². The zero-order valence-electron chi connectivity index (χ0n) is 8.75. The van der Waals surface area contributed by atoms with Gasteiger partial charge in [-0.1, -0.05) is 13.8 Å². The molecular weight excluding hydrogens is 164 g/mol. The van der Waals surface area contributed by atoms with Crippen LogP contribution in [0.2, 0.25) is 0 Å². The molecule has 3 heteroatoms. The summed E-state index contributed by atoms with van der Waals surface area (Å²) in [6.45, 7) is 6.84. The lowest BCUT2D eigenvalue weighted by Gasteiger charge is -2.31. The van der Waals surface area contributed by atoms with E-state index >= 15 is 0 Å². The Labute approximate surface area is 81.0 Å². The molecule has 78 valence electrons. The summed E-state index contributed by atoms with van der Waals surface area (Å²) >= 11 is 0. The first-order valence-electron chi connectivity index (χ1n) is 5.28. The molecule has 1 saturated heterocycles. The Hall–Kier alpha value is -0.120. The molecule has 2 atom stereocenters. The summed E-state index contributed by atoms with van der Waals surface area (Å²) in [5, 5.41) is 3.49. The third-order valence-corrected chi connectivity index (χ3v) is 2.57. The van der Waals surface area contributed by atoms with E-state index in [1.165, 1.54) is 12.8 Å². The van der Waals surface area contributed by atoms with Gasteiger partial charge in [0.15, 0.2) is 0 Å². The molecule has 0 aliphatic carbocycles. The monoisotopic (exact) mass is 186 g/mol. The molecule has 1 fully saturated rings. The second-order valence-corrected chi connectivity index (χ2v) is 4.14. The van der Waals surface area contributed by atoms with Crippen molar-refractivity contribution in [3.63, 3.8) is 0 Å². The molecule has 1 aliphatic rings. The van der Waals surface area contributed by atoms with Crippen molar-refractivity contribution < 1.29 is 4.74 Å². The number of nitrogens with one attached hydrogen (secondary N) is 1. The van der Waals surface area contributed by atoms with Crippen molar-refractivity contribution in [3.8, 4) is 0 Å². The summed E-state index contributed by atoms with van der Waals surface area (Å²) < 4.78 is 5.45. The van der Waals surface area contributed by atoms with Gasteiger partial charge in [-0.3, -0.25) is 0 Å². The molecule has 3 nitrogen and oxygen atoms in total. The molecule has 2 unspecified atom stereocenters. The van der Waals surface area contributed by atoms with Crippen LogP contribution in [0, 0.1) is 5.92 Å². The van der Waals surface area contributed by atoms with E-state index in [2.05, 4.69) is 19.2 Å². The van der Waals surface area contributed by atoms with Gasteiger partial charge in [-0.25, -0.2) is 0 Å². The maximum atomic E-state index is 5.73. The number of ether oxygens (including phenoxy) is 1. The third kappa shape index (κ3) is 3.63. The molecule has 13 heavy (non-hydrogen) atoms. The van der Waals surface area contributed by atoms with Gasteiger partial charge < -0.3 is 15.8 Å². The fraction of sp³-hybridized carbons (Fsp3) is 1.00. The Morgan fingerprint density at radius 3 is 2.77 bits per heavy atom. The van der Waals surface area contributed by atoms with E-state index in [1.54, 1.807) is 0 Å². The highest BCUT2D eigenvalue weighted by Crippen LogP contribution is 2.17. The summed E-state index contributed by atoms with van der Waals surface area (Å²) in [7, 11) is 0. The molecule has 0 bridgehead atoms. The second kappa shape index (κ2) is 5.58. The highest BCUT2D eigenvalue weighted by molar-refractivity contribution is 4.80. The molecule has 0 aromatic heterocycles. The van der Waals surface area contributed by atoms with Crippen LogP contribution in [0.25, 0.3) is 0 Å². The van der Waals surface area contributed by atoms with E-state index in [-0.39, 0.29) is 0 Å². The summed E-state index contributed by atoms with van der Waals surface area (Å²) in [6, 6.07) is 0.941. The normalized spacial score (nSPS) is 26.3. The summed E-state index contributed by atoms with van der Waals surface area (Å²) in [5.74, 6) is 0.612. The SMILES string of the molecule is CC(C)NC(CN)C1CCCOC1. The van der Waals surface area contributed by atoms with Crippen molar-refractivity contribution in [2.45, 2.75) is 38.8 Å². The quantitative estimate of drug-likeness (QED) is 0.680. The van der Waals surface area contributed by atoms with Crippen LogP contribution in [0.3, 0.4) is 0 Å². The van der Waals surface area contributed by atoms with Gasteiger partial charge in [0.1, 0.15) is 0 Å². The Kier molecular flexibility index (Phi) is 4.70. The minimum absolute atomic E-state index is 0.431. The molecule has 0 saturated carbocycles. The Balaban J connectivity index is 2.34. The highest BCUT2D eigenvalue weighted by atomic mass is 16.5. The fourth-order valence-electron chi connectivity index (χ4n) is 1.91. The van der Waals surface area contributed by atoms with Crippen molar-refractivity contribution >= 4 is 0 Å². The van der Waals surface area contributed by atoms with Crippen molar-refractivity contribution in [1.82, 2.24) is 5.32 Å². The van der Waals surface area contributed by atoms with Crippen LogP contribution in [0.1, 0.15) is 26.7 Å². The first-order valence-corrected chi connectivity index (χ1v) is 5.28. The van der Waals surface area contributed by atoms with Gasteiger partial charge in [0.2, 0.25) is 0 Å². The average molecular weight is 186 g/mol. The summed E-state index contributed by atoms with van der Waals surface area (Å²) in [5.41, 5.74) is 5.73. The Morgan fingerprint density at radius 1 is 1.54 bits per heavy atom. The van der Waals surface area contributed by atoms with E-state index in [0.717, 1.165) is 13.2 Å². The van der Waals surface area contributed by atoms with E-state index in [9.17, 15) is 0 Å². The first kappa shape index (κ1) is 11.0. The van der Waals surface area contributed by atoms with Gasteiger partial charge >= 0.3 is 0 Å². The number of hydrogen-bond donors (Lipinski definition) is 2. The zero-order valence-corrected chi connectivity index (χ0v) is 8.75. The molecular formula is C10H22N2O. The van der Waals surface area contributed by atoms with Crippen molar-refractivity contribution in [3.05, 3.63) is 0 Å². The maximum Gasteiger partial charge on any atom is 0.0509 e. The minimum Gasteiger partial charge on any atom is -0.381 e. The molecule has 0 radical (unpaired) electrons. The molecule has 0 amide bonds. The van der Waals surface area contributed by atoms with Crippen molar-refractivity contribution in [1.29, 1.82) is 0 Å². The molecule has 3 N–H and O–H groups in total. The molecule has 0 spiro atoms. The van der Waals surface area contributed by atoms with Gasteiger partial charge in [-0.05, 0) is 18.8 Å². The second-order valence-electron chi connectivity index (χ2n) is 4.14. The van der Waals surface area contributed by atoms with Crippen LogP contribution >= 0.6 is 0 Å². The van der Waals surface area contributed by atoms with Crippen LogP contribution in [-0.4, -0.2) is 31.8 Å². The molecule has 1 rings (SSSR count). The van der Waals surface area contributed by atoms with E-state index in [1.807, 2.05) is 0 Å². The predicted octanol–water partition coefficient (Wildman–Crippen LogP) is 0.738. The van der Waals surface area contributed by atoms with Gasteiger partial charge in [0.05, 0.1) is 6.61 Å². The van der Waals surface area contributed by atoms with E-state index in [4.69, 9.17) is 10.5 Å². The lowest BCUT2D eigenvalue weighted by atomic mass is 9.93. The standard InChI is InChI=1S/C10H22N2O/c1-8(2)12-10(6-11)9-4-3-5-13-7-9/h8-10,12H,3-7,11H2,1-2H3. The fourth-order valence-corrected chi connectivity index (χ4v) is 1.91. The van der Waals surface area contributed by atoms with Crippen LogP contribution in [-0.2, 0) is 4.74 Å². The summed E-state index contributed by atoms with van der Waals surface area (Å²) in [6.07, 6.45) is 2.43. The zero-order chi connectivity index (χ0) is 9.68. The number of rotatable bonds is 4. The predicted molar refractivity (Wildman–Crippen MR) is 54.7 cm³/mol. The molecule has 1 aliphatic heterocycles. The van der Waals surface area contributed by atoms with Gasteiger partial charge in [-0.2, -0.15) is 0 Å². The number of hydrogen-bond acceptors (Lipinski definition) is 3. The van der Waals surface area contributed by atoms with Crippen LogP contribution in [0.15, 0.2) is 0 Å². The molecule has 0 aromatic carbocycles. The summed E-state index contributed by atoms with van der Waals surface area (Å²) in [4.78, 5) is 0. The topological polar surface area (TPSA) is 47.3 Å². The highest BCUT2D eigenvalue weighted by Gasteiger charge is 2.23. The van der Waals surface area contributed by atoms with E-state index in [0.29, 0.717) is 24.5 Å². The third-order valence-electron chi connectivity index (χ3n) is 2.57. The smallest absolute Gasteiger partial charge is 0.0509 e. The lowest BCUT2D eigenvalue weighted by molar-refractivity contribution is 0.0393. The lowest BCUT2D eigenvalue weighted by Crippen LogP contribution is -2.47. The van der Waals surface area contributed by atoms with Crippen LogP contribution < -0.4 is 11.1 Å². The van der Waals surface area contributed by atoms with Crippen LogP contribution in [0.4, 0.5) is 0 Å². The number of nitrogens with two attached hydrogens (primary N) is 1. The van der Waals surface area contributed by atoms with Crippen LogP contribution in [0.5, 0.6) is 0 Å². The average Bonchev–Trinajstić information content (AvgIpc) is 2.15. The molecule has 0 aromatic rings. The van der Waals surface area contributed by atoms with Gasteiger partial charge in [0, 0.05) is 25.2 Å². The van der Waals surface area contributed by atoms with Gasteiger partial charge in [-0.15, -0.1) is 0 Å². The van der Waals surface area contributed by atoms with Crippen molar-refractivity contribution in [2.75, 3.05) is 19.8 Å². The minimum atomic E-state index is 0.431. The first-order chi connectivity index (χ1) is 6.24. The molecule has 1 heterocycles. The van der Waals surface area contributed by atoms with Gasteiger partial charge in [0.25, 0.3) is 0 Å². The Bertz CT molecular complexity index is 133.